The first-order valence-electron chi connectivity index (χ1n) is 26.5. The van der Waals surface area contributed by atoms with E-state index in [0.717, 1.165) is 17.5 Å². The molecule has 6 aliphatic rings. The maximum Gasteiger partial charge on any atom is 0.0561 e. The maximum atomic E-state index is 2.68. The van der Waals surface area contributed by atoms with Crippen LogP contribution in [0.4, 0.5) is 17.1 Å². The van der Waals surface area contributed by atoms with Crippen LogP contribution in [0.3, 0.4) is 0 Å². The highest BCUT2D eigenvalue weighted by Gasteiger charge is 2.61. The fourth-order valence-corrected chi connectivity index (χ4v) is 15.8. The summed E-state index contributed by atoms with van der Waals surface area (Å²) in [6, 6.07) is 76.9. The van der Waals surface area contributed by atoms with Crippen LogP contribution < -0.4 is 4.90 Å². The highest BCUT2D eigenvalue weighted by Crippen LogP contribution is 2.69. The maximum absolute atomic E-state index is 2.68. The Kier molecular flexibility index (Phi) is 9.27. The Labute approximate surface area is 412 Å². The second-order valence-electron chi connectivity index (χ2n) is 21.8. The molecule has 1 heterocycles. The molecule has 5 fully saturated rings. The molecule has 9 aromatic carbocycles. The predicted molar refractivity (Wildman–Crippen MR) is 293 cm³/mol. The summed E-state index contributed by atoms with van der Waals surface area (Å²) in [4.78, 5) is 2.61. The van der Waals surface area contributed by atoms with E-state index in [0.29, 0.717) is 17.8 Å². The molecular formula is C68H58N2. The van der Waals surface area contributed by atoms with Gasteiger partial charge in [-0.3, -0.25) is 0 Å². The van der Waals surface area contributed by atoms with Crippen LogP contribution in [0.5, 0.6) is 0 Å². The standard InChI is InChI=1S/C68H58N2/c1-3-17-46(18-4-1)54-27-15-19-47-20-16-28-60(67(47)54)58-26-10-14-32-65(58)70(52-34-36-59-57-25-9-13-31-64(57)69(66(59)43-52)51-21-5-2-6-22-51)63-30-12-8-23-53(63)48-33-35-56-55-24-7-11-29-61(55)68(62(56)42-48)49-38-44-37-45(40-49)41-50(68)39-44/h2,5-16,19-36,42-46,49-50H,1,3-4,17-18,37-41H2. The molecule has 16 rings (SSSR count). The highest BCUT2D eigenvalue weighted by molar-refractivity contribution is 6.11. The van der Waals surface area contributed by atoms with Gasteiger partial charge in [0.15, 0.2) is 0 Å². The van der Waals surface area contributed by atoms with Crippen LogP contribution >= 0.6 is 0 Å². The minimum absolute atomic E-state index is 0.0941. The summed E-state index contributed by atoms with van der Waals surface area (Å²) in [7, 11) is 0. The minimum atomic E-state index is 0.0941. The van der Waals surface area contributed by atoms with E-state index < -0.39 is 0 Å². The quantitative estimate of drug-likeness (QED) is 0.155. The number of hydrogen-bond acceptors (Lipinski definition) is 1. The summed E-state index contributed by atoms with van der Waals surface area (Å²) in [5.41, 5.74) is 20.0. The lowest BCUT2D eigenvalue weighted by Crippen LogP contribution is -2.55. The van der Waals surface area contributed by atoms with Gasteiger partial charge in [-0.25, -0.2) is 0 Å². The Hall–Kier alpha value is -7.16. The summed E-state index contributed by atoms with van der Waals surface area (Å²) in [5, 5.41) is 5.27. The first-order valence-corrected chi connectivity index (χ1v) is 26.5. The van der Waals surface area contributed by atoms with E-state index in [1.807, 2.05) is 0 Å². The SMILES string of the molecule is c1ccc(-n2c3ccccc3c3ccc(N(c4ccccc4-c4ccc5c(c4)C4(c6ccccc6-5)C5CC6CC(C5)CC4C6)c4ccccc4-c4cccc5cccc(C6CCCCC6)c45)cc32)cc1. The normalized spacial score (nSPS) is 22.3. The van der Waals surface area contributed by atoms with Crippen LogP contribution in [0, 0.1) is 23.7 Å². The third kappa shape index (κ3) is 5.98. The van der Waals surface area contributed by atoms with Gasteiger partial charge in [-0.1, -0.05) is 171 Å². The second-order valence-corrected chi connectivity index (χ2v) is 21.8. The Bertz CT molecular complexity index is 3650. The molecule has 1 aromatic heterocycles. The molecule has 0 saturated heterocycles. The Morgan fingerprint density at radius 3 is 1.86 bits per heavy atom. The van der Waals surface area contributed by atoms with Crippen molar-refractivity contribution in [2.24, 2.45) is 23.7 Å². The molecule has 2 nitrogen and oxygen atoms in total. The van der Waals surface area contributed by atoms with E-state index in [1.54, 1.807) is 11.1 Å². The molecule has 0 N–H and O–H groups in total. The molecule has 0 amide bonds. The fourth-order valence-electron chi connectivity index (χ4n) is 15.8. The van der Waals surface area contributed by atoms with Crippen LogP contribution in [0.15, 0.2) is 200 Å². The van der Waals surface area contributed by atoms with Gasteiger partial charge in [0.05, 0.1) is 22.4 Å². The molecule has 0 aliphatic heterocycles. The van der Waals surface area contributed by atoms with Gasteiger partial charge >= 0.3 is 0 Å². The van der Waals surface area contributed by atoms with Crippen LogP contribution in [0.1, 0.15) is 86.8 Å². The van der Waals surface area contributed by atoms with Gasteiger partial charge in [0.1, 0.15) is 0 Å². The minimum Gasteiger partial charge on any atom is -0.309 e. The first-order chi connectivity index (χ1) is 34.7. The molecule has 0 atom stereocenters. The smallest absolute Gasteiger partial charge is 0.0561 e. The zero-order chi connectivity index (χ0) is 45.9. The van der Waals surface area contributed by atoms with Gasteiger partial charge in [-0.05, 0) is 173 Å². The summed E-state index contributed by atoms with van der Waals surface area (Å²) in [6.45, 7) is 0. The van der Waals surface area contributed by atoms with Gasteiger partial charge < -0.3 is 9.47 Å². The molecule has 10 aromatic rings. The number of nitrogens with zero attached hydrogens (tertiary/aromatic N) is 2. The van der Waals surface area contributed by atoms with E-state index in [1.165, 1.54) is 153 Å². The highest BCUT2D eigenvalue weighted by atomic mass is 15.1. The zero-order valence-electron chi connectivity index (χ0n) is 39.9. The third-order valence-electron chi connectivity index (χ3n) is 18.4. The number of hydrogen-bond donors (Lipinski definition) is 0. The van der Waals surface area contributed by atoms with Crippen molar-refractivity contribution in [1.82, 2.24) is 4.57 Å². The Morgan fingerprint density at radius 2 is 1.06 bits per heavy atom. The number of rotatable bonds is 7. The summed E-state index contributed by atoms with van der Waals surface area (Å²) in [6.07, 6.45) is 13.5. The summed E-state index contributed by atoms with van der Waals surface area (Å²) in [5.74, 6) is 3.80. The molecule has 70 heavy (non-hydrogen) atoms. The summed E-state index contributed by atoms with van der Waals surface area (Å²) >= 11 is 0. The molecule has 6 aliphatic carbocycles. The summed E-state index contributed by atoms with van der Waals surface area (Å²) < 4.78 is 2.47. The predicted octanol–water partition coefficient (Wildman–Crippen LogP) is 18.5. The molecule has 2 heteroatoms. The van der Waals surface area contributed by atoms with Gasteiger partial charge in [-0.2, -0.15) is 0 Å². The Morgan fingerprint density at radius 1 is 0.429 bits per heavy atom. The average molecular weight is 903 g/mol. The van der Waals surface area contributed by atoms with Gasteiger partial charge in [-0.15, -0.1) is 0 Å². The average Bonchev–Trinajstić information content (AvgIpc) is 3.90. The van der Waals surface area contributed by atoms with Crippen LogP contribution in [0.25, 0.3) is 71.6 Å². The zero-order valence-corrected chi connectivity index (χ0v) is 39.9. The van der Waals surface area contributed by atoms with Crippen LogP contribution in [0.2, 0.25) is 0 Å². The number of benzene rings is 9. The third-order valence-corrected chi connectivity index (χ3v) is 18.4. The van der Waals surface area contributed by atoms with Crippen molar-refractivity contribution in [1.29, 1.82) is 0 Å². The molecule has 0 radical (unpaired) electrons. The number of aromatic nitrogens is 1. The molecule has 4 bridgehead atoms. The van der Waals surface area contributed by atoms with Crippen molar-refractivity contribution in [3.8, 4) is 39.1 Å². The van der Waals surface area contributed by atoms with Gasteiger partial charge in [0.25, 0.3) is 0 Å². The monoisotopic (exact) mass is 902 g/mol. The second kappa shape index (κ2) is 15.9. The lowest BCUT2D eigenvalue weighted by molar-refractivity contribution is -0.0399. The van der Waals surface area contributed by atoms with E-state index in [2.05, 4.69) is 210 Å². The van der Waals surface area contributed by atoms with Crippen LogP contribution in [-0.4, -0.2) is 4.57 Å². The van der Waals surface area contributed by atoms with Crippen molar-refractivity contribution in [2.45, 2.75) is 75.5 Å². The van der Waals surface area contributed by atoms with Crippen LogP contribution in [-0.2, 0) is 5.41 Å². The van der Waals surface area contributed by atoms with Crippen molar-refractivity contribution >= 4 is 49.6 Å². The molecule has 5 saturated carbocycles. The van der Waals surface area contributed by atoms with E-state index >= 15 is 0 Å². The lowest BCUT2D eigenvalue weighted by atomic mass is 9.43. The largest absolute Gasteiger partial charge is 0.309 e. The fraction of sp³-hybridized carbons (Fsp3) is 0.235. The van der Waals surface area contributed by atoms with Crippen molar-refractivity contribution in [3.63, 3.8) is 0 Å². The van der Waals surface area contributed by atoms with Crippen molar-refractivity contribution in [3.05, 3.63) is 217 Å². The number of fused-ring (bicyclic) bond motifs is 7. The Balaban J connectivity index is 0.976. The van der Waals surface area contributed by atoms with Crippen molar-refractivity contribution < 1.29 is 0 Å². The lowest BCUT2D eigenvalue weighted by Gasteiger charge is -2.61. The van der Waals surface area contributed by atoms with Crippen molar-refractivity contribution in [2.75, 3.05) is 4.90 Å². The topological polar surface area (TPSA) is 8.17 Å². The van der Waals surface area contributed by atoms with E-state index in [9.17, 15) is 0 Å². The molecule has 0 unspecified atom stereocenters. The molecule has 340 valence electrons. The van der Waals surface area contributed by atoms with Gasteiger partial charge in [0.2, 0.25) is 0 Å². The van der Waals surface area contributed by atoms with E-state index in [-0.39, 0.29) is 5.41 Å². The van der Waals surface area contributed by atoms with Gasteiger partial charge in [0, 0.05) is 38.7 Å². The number of anilines is 3. The number of para-hydroxylation sites is 4. The van der Waals surface area contributed by atoms with E-state index in [4.69, 9.17) is 0 Å². The molecular weight excluding hydrogens is 845 g/mol. The molecule has 1 spiro atoms. The first kappa shape index (κ1) is 40.7.